The fourth-order valence-electron chi connectivity index (χ4n) is 2.62. The molecule has 1 aromatic heterocycles. The van der Waals surface area contributed by atoms with Gasteiger partial charge in [-0.3, -0.25) is 4.98 Å². The van der Waals surface area contributed by atoms with Crippen molar-refractivity contribution in [1.29, 1.82) is 0 Å². The van der Waals surface area contributed by atoms with E-state index in [2.05, 4.69) is 29.4 Å². The normalized spacial score (nSPS) is 16.5. The van der Waals surface area contributed by atoms with E-state index in [0.29, 0.717) is 0 Å². The molecule has 3 heteroatoms. The zero-order valence-electron chi connectivity index (χ0n) is 11.6. The summed E-state index contributed by atoms with van der Waals surface area (Å²) in [7, 11) is 0. The molecule has 1 atom stereocenters. The Morgan fingerprint density at radius 3 is 2.89 bits per heavy atom. The molecule has 2 aromatic rings. The van der Waals surface area contributed by atoms with Gasteiger partial charge >= 0.3 is 0 Å². The number of hydrogen-bond acceptors (Lipinski definition) is 3. The first-order valence-corrected chi connectivity index (χ1v) is 7.04. The fraction of sp³-hybridized carbons (Fsp3) is 0.438. The number of anilines is 2. The number of nitrogens with two attached hydrogens (primary N) is 1. The van der Waals surface area contributed by atoms with E-state index in [1.165, 1.54) is 23.9 Å². The van der Waals surface area contributed by atoms with Gasteiger partial charge < -0.3 is 11.1 Å². The first-order chi connectivity index (χ1) is 9.15. The van der Waals surface area contributed by atoms with Gasteiger partial charge in [-0.2, -0.15) is 0 Å². The number of nitrogens with one attached hydrogen (secondary N) is 1. The van der Waals surface area contributed by atoms with Crippen LogP contribution in [0.15, 0.2) is 24.4 Å². The van der Waals surface area contributed by atoms with E-state index in [1.54, 1.807) is 0 Å². The molecule has 0 spiro atoms. The van der Waals surface area contributed by atoms with Crippen LogP contribution in [0.1, 0.15) is 25.5 Å². The molecule has 1 heterocycles. The maximum Gasteiger partial charge on any atom is 0.0422 e. The van der Waals surface area contributed by atoms with Gasteiger partial charge in [-0.25, -0.2) is 0 Å². The molecule has 3 N–H and O–H groups in total. The third-order valence-corrected chi connectivity index (χ3v) is 4.11. The number of aryl methyl sites for hydroxylation is 1. The van der Waals surface area contributed by atoms with E-state index in [-0.39, 0.29) is 0 Å². The Morgan fingerprint density at radius 1 is 1.37 bits per heavy atom. The van der Waals surface area contributed by atoms with Crippen LogP contribution < -0.4 is 11.1 Å². The number of pyridine rings is 1. The van der Waals surface area contributed by atoms with E-state index in [9.17, 15) is 0 Å². The maximum atomic E-state index is 6.02. The molecule has 3 rings (SSSR count). The van der Waals surface area contributed by atoms with Crippen molar-refractivity contribution in [2.24, 2.45) is 11.8 Å². The summed E-state index contributed by atoms with van der Waals surface area (Å²) in [4.78, 5) is 4.33. The highest BCUT2D eigenvalue weighted by Crippen LogP contribution is 2.37. The summed E-state index contributed by atoms with van der Waals surface area (Å²) >= 11 is 0. The average Bonchev–Trinajstić information content (AvgIpc) is 3.22. The summed E-state index contributed by atoms with van der Waals surface area (Å²) in [5, 5.41) is 5.79. The van der Waals surface area contributed by atoms with Gasteiger partial charge in [0.25, 0.3) is 0 Å². The van der Waals surface area contributed by atoms with Crippen LogP contribution in [0.5, 0.6) is 0 Å². The number of aromatic nitrogens is 1. The minimum Gasteiger partial charge on any atom is -0.398 e. The van der Waals surface area contributed by atoms with Gasteiger partial charge in [-0.1, -0.05) is 6.92 Å². The van der Waals surface area contributed by atoms with Crippen LogP contribution in [0.25, 0.3) is 10.8 Å². The molecule has 1 fully saturated rings. The van der Waals surface area contributed by atoms with Crippen molar-refractivity contribution in [3.8, 4) is 0 Å². The van der Waals surface area contributed by atoms with Crippen molar-refractivity contribution in [2.45, 2.75) is 26.7 Å². The molecule has 19 heavy (non-hydrogen) atoms. The minimum atomic E-state index is 0.746. The van der Waals surface area contributed by atoms with Crippen LogP contribution in [0.2, 0.25) is 0 Å². The molecular formula is C16H21N3. The van der Waals surface area contributed by atoms with Crippen LogP contribution in [0.3, 0.4) is 0 Å². The lowest BCUT2D eigenvalue weighted by atomic mass is 10.1. The molecule has 0 bridgehead atoms. The number of fused-ring (bicyclic) bond motifs is 1. The highest BCUT2D eigenvalue weighted by molar-refractivity contribution is 6.00. The zero-order valence-corrected chi connectivity index (χ0v) is 11.6. The van der Waals surface area contributed by atoms with Gasteiger partial charge in [-0.15, -0.1) is 0 Å². The summed E-state index contributed by atoms with van der Waals surface area (Å²) in [5.41, 5.74) is 9.01. The lowest BCUT2D eigenvalue weighted by Gasteiger charge is -2.15. The summed E-state index contributed by atoms with van der Waals surface area (Å²) in [6.07, 6.45) is 4.66. The molecule has 3 nitrogen and oxygen atoms in total. The van der Waals surface area contributed by atoms with Crippen LogP contribution >= 0.6 is 0 Å². The molecule has 100 valence electrons. The lowest BCUT2D eigenvalue weighted by Crippen LogP contribution is -2.13. The summed E-state index contributed by atoms with van der Waals surface area (Å²) in [6, 6.07) is 6.15. The summed E-state index contributed by atoms with van der Waals surface area (Å²) < 4.78 is 0. The quantitative estimate of drug-likeness (QED) is 0.821. The van der Waals surface area contributed by atoms with Crippen molar-refractivity contribution in [3.05, 3.63) is 30.1 Å². The van der Waals surface area contributed by atoms with Gasteiger partial charge in [0.15, 0.2) is 0 Å². The van der Waals surface area contributed by atoms with Crippen LogP contribution in [-0.2, 0) is 0 Å². The van der Waals surface area contributed by atoms with Gasteiger partial charge in [0.05, 0.1) is 0 Å². The van der Waals surface area contributed by atoms with E-state index in [4.69, 9.17) is 5.73 Å². The number of benzene rings is 1. The SMILES string of the molecule is Cc1cc2c(NCC(C)C3CC3)ccc(N)c2cn1. The Balaban J connectivity index is 1.89. The molecule has 0 saturated heterocycles. The second-order valence-corrected chi connectivity index (χ2v) is 5.77. The average molecular weight is 255 g/mol. The maximum absolute atomic E-state index is 6.02. The highest BCUT2D eigenvalue weighted by Gasteiger charge is 2.27. The Bertz CT molecular complexity index is 602. The first kappa shape index (κ1) is 12.3. The largest absolute Gasteiger partial charge is 0.398 e. The molecular weight excluding hydrogens is 234 g/mol. The second kappa shape index (κ2) is 4.72. The smallest absolute Gasteiger partial charge is 0.0422 e. The second-order valence-electron chi connectivity index (χ2n) is 5.77. The van der Waals surface area contributed by atoms with Crippen LogP contribution in [-0.4, -0.2) is 11.5 Å². The third kappa shape index (κ3) is 2.50. The number of nitrogens with zero attached hydrogens (tertiary/aromatic N) is 1. The Kier molecular flexibility index (Phi) is 3.05. The molecule has 1 aliphatic carbocycles. The molecule has 1 aliphatic rings. The Hall–Kier alpha value is -1.77. The van der Waals surface area contributed by atoms with Crippen LogP contribution in [0.4, 0.5) is 11.4 Å². The molecule has 0 aliphatic heterocycles. The van der Waals surface area contributed by atoms with Crippen molar-refractivity contribution in [1.82, 2.24) is 4.98 Å². The third-order valence-electron chi connectivity index (χ3n) is 4.11. The number of nitrogen functional groups attached to an aromatic ring is 1. The molecule has 1 saturated carbocycles. The predicted octanol–water partition coefficient (Wildman–Crippen LogP) is 3.58. The minimum absolute atomic E-state index is 0.746. The highest BCUT2D eigenvalue weighted by atomic mass is 14.9. The fourth-order valence-corrected chi connectivity index (χ4v) is 2.62. The van der Waals surface area contributed by atoms with Gasteiger partial charge in [0.1, 0.15) is 0 Å². The van der Waals surface area contributed by atoms with Crippen molar-refractivity contribution >= 4 is 22.1 Å². The van der Waals surface area contributed by atoms with Crippen molar-refractivity contribution in [3.63, 3.8) is 0 Å². The molecule has 0 radical (unpaired) electrons. The van der Waals surface area contributed by atoms with E-state index < -0.39 is 0 Å². The topological polar surface area (TPSA) is 50.9 Å². The van der Waals surface area contributed by atoms with Crippen molar-refractivity contribution < 1.29 is 0 Å². The predicted molar refractivity (Wildman–Crippen MR) is 81.3 cm³/mol. The standard InChI is InChI=1S/C16H21N3/c1-10(12-3-4-12)8-19-16-6-5-15(17)14-9-18-11(2)7-13(14)16/h5-7,9-10,12,19H,3-4,8,17H2,1-2H3. The van der Waals surface area contributed by atoms with Gasteiger partial charge in [0.2, 0.25) is 0 Å². The lowest BCUT2D eigenvalue weighted by molar-refractivity contribution is 0.537. The summed E-state index contributed by atoms with van der Waals surface area (Å²) in [6.45, 7) is 5.38. The zero-order chi connectivity index (χ0) is 13.4. The Labute approximate surface area is 114 Å². The van der Waals surface area contributed by atoms with Crippen molar-refractivity contribution in [2.75, 3.05) is 17.6 Å². The van der Waals surface area contributed by atoms with E-state index in [0.717, 1.165) is 35.1 Å². The first-order valence-electron chi connectivity index (χ1n) is 7.04. The molecule has 1 aromatic carbocycles. The monoisotopic (exact) mass is 255 g/mol. The number of hydrogen-bond donors (Lipinski definition) is 2. The molecule has 0 amide bonds. The van der Waals surface area contributed by atoms with Gasteiger partial charge in [0, 0.05) is 40.6 Å². The van der Waals surface area contributed by atoms with E-state index in [1.807, 2.05) is 19.2 Å². The Morgan fingerprint density at radius 2 is 2.16 bits per heavy atom. The van der Waals surface area contributed by atoms with E-state index >= 15 is 0 Å². The summed E-state index contributed by atoms with van der Waals surface area (Å²) in [5.74, 6) is 1.67. The molecule has 1 unspecified atom stereocenters. The van der Waals surface area contributed by atoms with Crippen LogP contribution in [0, 0.1) is 18.8 Å². The number of rotatable bonds is 4. The van der Waals surface area contributed by atoms with Gasteiger partial charge in [-0.05, 0) is 49.8 Å².